The van der Waals surface area contributed by atoms with E-state index >= 15 is 0 Å². The van der Waals surface area contributed by atoms with E-state index in [-0.39, 0.29) is 30.4 Å². The van der Waals surface area contributed by atoms with E-state index in [1.165, 1.54) is 4.90 Å². The highest BCUT2D eigenvalue weighted by Crippen LogP contribution is 1.98. The number of likely N-dealkylation sites (N-methyl/N-ethyl adjacent to an activating group) is 1. The Hall–Kier alpha value is -1.87. The SMILES string of the molecule is CN(C)C(=O)CNC(=NCC(=O)NC(C)(C)C)NCCCN1CCOCC1. The molecule has 2 amide bonds. The zero-order valence-electron chi connectivity index (χ0n) is 17.4. The molecule has 0 bridgehead atoms. The Bertz CT molecular complexity index is 496. The van der Waals surface area contributed by atoms with Gasteiger partial charge in [-0.15, -0.1) is 0 Å². The second-order valence-electron chi connectivity index (χ2n) is 7.84. The lowest BCUT2D eigenvalue weighted by atomic mass is 10.1. The predicted molar refractivity (Wildman–Crippen MR) is 107 cm³/mol. The van der Waals surface area contributed by atoms with E-state index in [4.69, 9.17) is 4.74 Å². The highest BCUT2D eigenvalue weighted by molar-refractivity contribution is 5.88. The molecule has 0 radical (unpaired) electrons. The van der Waals surface area contributed by atoms with E-state index in [1.54, 1.807) is 14.1 Å². The summed E-state index contributed by atoms with van der Waals surface area (Å²) < 4.78 is 5.35. The summed E-state index contributed by atoms with van der Waals surface area (Å²) in [5, 5.41) is 9.07. The van der Waals surface area contributed by atoms with Crippen LogP contribution in [0, 0.1) is 0 Å². The van der Waals surface area contributed by atoms with Crippen LogP contribution in [0.4, 0.5) is 0 Å². The van der Waals surface area contributed by atoms with Crippen LogP contribution >= 0.6 is 0 Å². The van der Waals surface area contributed by atoms with Gasteiger partial charge in [-0.05, 0) is 33.7 Å². The van der Waals surface area contributed by atoms with Gasteiger partial charge >= 0.3 is 0 Å². The molecule has 0 aromatic carbocycles. The number of amides is 2. The number of rotatable bonds is 8. The van der Waals surface area contributed by atoms with E-state index in [9.17, 15) is 9.59 Å². The molecule has 0 aliphatic carbocycles. The highest BCUT2D eigenvalue weighted by Gasteiger charge is 2.14. The van der Waals surface area contributed by atoms with Gasteiger partial charge in [-0.2, -0.15) is 0 Å². The molecule has 0 atom stereocenters. The number of hydrogen-bond acceptors (Lipinski definition) is 5. The van der Waals surface area contributed by atoms with Gasteiger partial charge in [0.2, 0.25) is 11.8 Å². The number of carbonyl (C=O) groups excluding carboxylic acids is 2. The fourth-order valence-corrected chi connectivity index (χ4v) is 2.43. The topological polar surface area (TPSA) is 98.3 Å². The first-order chi connectivity index (χ1) is 12.7. The first-order valence-electron chi connectivity index (χ1n) is 9.51. The van der Waals surface area contributed by atoms with Gasteiger partial charge in [0, 0.05) is 39.3 Å². The number of aliphatic imine (C=N–C) groups is 1. The summed E-state index contributed by atoms with van der Waals surface area (Å²) in [7, 11) is 3.40. The third-order valence-corrected chi connectivity index (χ3v) is 3.85. The number of ether oxygens (including phenoxy) is 1. The number of carbonyl (C=O) groups is 2. The maximum Gasteiger partial charge on any atom is 0.242 e. The summed E-state index contributed by atoms with van der Waals surface area (Å²) in [6, 6.07) is 0. The van der Waals surface area contributed by atoms with Crippen LogP contribution in [-0.4, -0.2) is 99.7 Å². The quantitative estimate of drug-likeness (QED) is 0.289. The van der Waals surface area contributed by atoms with Crippen molar-refractivity contribution in [2.75, 3.05) is 66.6 Å². The zero-order valence-corrected chi connectivity index (χ0v) is 17.4. The van der Waals surface area contributed by atoms with Gasteiger partial charge in [0.25, 0.3) is 0 Å². The van der Waals surface area contributed by atoms with Crippen molar-refractivity contribution in [3.05, 3.63) is 0 Å². The van der Waals surface area contributed by atoms with E-state index in [1.807, 2.05) is 20.8 Å². The van der Waals surface area contributed by atoms with E-state index in [2.05, 4.69) is 25.8 Å². The van der Waals surface area contributed by atoms with Crippen LogP contribution in [0.5, 0.6) is 0 Å². The summed E-state index contributed by atoms with van der Waals surface area (Å²) in [6.07, 6.45) is 0.941. The summed E-state index contributed by atoms with van der Waals surface area (Å²) in [6.45, 7) is 11.1. The summed E-state index contributed by atoms with van der Waals surface area (Å²) in [5.41, 5.74) is -0.299. The monoisotopic (exact) mass is 384 g/mol. The smallest absolute Gasteiger partial charge is 0.242 e. The average Bonchev–Trinajstić information content (AvgIpc) is 2.59. The van der Waals surface area contributed by atoms with Crippen molar-refractivity contribution in [2.45, 2.75) is 32.7 Å². The predicted octanol–water partition coefficient (Wildman–Crippen LogP) is -0.753. The van der Waals surface area contributed by atoms with Gasteiger partial charge in [0.1, 0.15) is 6.54 Å². The second-order valence-corrected chi connectivity index (χ2v) is 7.84. The van der Waals surface area contributed by atoms with Gasteiger partial charge < -0.3 is 25.6 Å². The fraction of sp³-hybridized carbons (Fsp3) is 0.833. The molecule has 1 saturated heterocycles. The van der Waals surface area contributed by atoms with E-state index < -0.39 is 0 Å². The van der Waals surface area contributed by atoms with Crippen molar-refractivity contribution in [3.63, 3.8) is 0 Å². The normalized spacial score (nSPS) is 16.0. The molecule has 1 aliphatic rings. The van der Waals surface area contributed by atoms with Crippen LogP contribution in [0.1, 0.15) is 27.2 Å². The Morgan fingerprint density at radius 2 is 1.81 bits per heavy atom. The van der Waals surface area contributed by atoms with Crippen molar-refractivity contribution in [2.24, 2.45) is 4.99 Å². The minimum atomic E-state index is -0.299. The molecular formula is C18H36N6O3. The zero-order chi connectivity index (χ0) is 20.3. The van der Waals surface area contributed by atoms with Gasteiger partial charge in [0.15, 0.2) is 5.96 Å². The molecule has 9 heteroatoms. The van der Waals surface area contributed by atoms with E-state index in [0.29, 0.717) is 12.5 Å². The maximum absolute atomic E-state index is 12.0. The Labute approximate surface area is 162 Å². The third kappa shape index (κ3) is 11.4. The molecular weight excluding hydrogens is 348 g/mol. The molecule has 0 aromatic rings. The lowest BCUT2D eigenvalue weighted by Crippen LogP contribution is -2.45. The lowest BCUT2D eigenvalue weighted by molar-refractivity contribution is -0.127. The number of hydrogen-bond donors (Lipinski definition) is 3. The molecule has 1 fully saturated rings. The maximum atomic E-state index is 12.0. The molecule has 156 valence electrons. The number of guanidine groups is 1. The molecule has 9 nitrogen and oxygen atoms in total. The summed E-state index contributed by atoms with van der Waals surface area (Å²) in [4.78, 5) is 31.9. The number of nitrogens with one attached hydrogen (secondary N) is 3. The standard InChI is InChI=1S/C18H36N6O3/c1-18(2,3)22-15(25)13-20-17(21-14-16(26)23(4)5)19-7-6-8-24-9-11-27-12-10-24/h6-14H2,1-5H3,(H,22,25)(H2,19,20,21). The Morgan fingerprint density at radius 3 is 2.41 bits per heavy atom. The molecule has 1 aliphatic heterocycles. The van der Waals surface area contributed by atoms with Gasteiger partial charge in [-0.25, -0.2) is 4.99 Å². The van der Waals surface area contributed by atoms with E-state index in [0.717, 1.165) is 39.3 Å². The third-order valence-electron chi connectivity index (χ3n) is 3.85. The molecule has 0 aromatic heterocycles. The van der Waals surface area contributed by atoms with Crippen molar-refractivity contribution in [3.8, 4) is 0 Å². The van der Waals surface area contributed by atoms with Crippen LogP contribution in [0.15, 0.2) is 4.99 Å². The van der Waals surface area contributed by atoms with Crippen molar-refractivity contribution < 1.29 is 14.3 Å². The Kier molecular flexibility index (Phi) is 10.1. The number of nitrogens with zero attached hydrogens (tertiary/aromatic N) is 3. The Balaban J connectivity index is 2.46. The van der Waals surface area contributed by atoms with Crippen molar-refractivity contribution in [1.29, 1.82) is 0 Å². The first kappa shape index (κ1) is 23.2. The minimum absolute atomic E-state index is 0.00617. The summed E-state index contributed by atoms with van der Waals surface area (Å²) >= 11 is 0. The van der Waals surface area contributed by atoms with Crippen molar-refractivity contribution in [1.82, 2.24) is 25.8 Å². The molecule has 0 unspecified atom stereocenters. The van der Waals surface area contributed by atoms with Gasteiger partial charge in [0.05, 0.1) is 19.8 Å². The second kappa shape index (κ2) is 11.8. The van der Waals surface area contributed by atoms with Crippen LogP contribution in [0.3, 0.4) is 0 Å². The Morgan fingerprint density at radius 1 is 1.15 bits per heavy atom. The number of morpholine rings is 1. The van der Waals surface area contributed by atoms with Crippen LogP contribution in [-0.2, 0) is 14.3 Å². The first-order valence-corrected chi connectivity index (χ1v) is 9.51. The average molecular weight is 385 g/mol. The molecule has 1 rings (SSSR count). The van der Waals surface area contributed by atoms with Gasteiger partial charge in [-0.1, -0.05) is 0 Å². The molecule has 0 spiro atoms. The molecule has 3 N–H and O–H groups in total. The van der Waals surface area contributed by atoms with Crippen LogP contribution in [0.25, 0.3) is 0 Å². The molecule has 1 heterocycles. The molecule has 0 saturated carbocycles. The van der Waals surface area contributed by atoms with Crippen LogP contribution < -0.4 is 16.0 Å². The minimum Gasteiger partial charge on any atom is -0.379 e. The van der Waals surface area contributed by atoms with Gasteiger partial charge in [-0.3, -0.25) is 14.5 Å². The lowest BCUT2D eigenvalue weighted by Gasteiger charge is -2.26. The fourth-order valence-electron chi connectivity index (χ4n) is 2.43. The summed E-state index contributed by atoms with van der Waals surface area (Å²) in [5.74, 6) is 0.254. The van der Waals surface area contributed by atoms with Crippen molar-refractivity contribution >= 4 is 17.8 Å². The van der Waals surface area contributed by atoms with Crippen LogP contribution in [0.2, 0.25) is 0 Å². The molecule has 27 heavy (non-hydrogen) atoms. The highest BCUT2D eigenvalue weighted by atomic mass is 16.5. The largest absolute Gasteiger partial charge is 0.379 e.